The van der Waals surface area contributed by atoms with Crippen molar-refractivity contribution in [1.82, 2.24) is 9.55 Å². The van der Waals surface area contributed by atoms with Crippen LogP contribution in [0, 0.1) is 0 Å². The molecule has 22 heavy (non-hydrogen) atoms. The van der Waals surface area contributed by atoms with Crippen LogP contribution in [0.3, 0.4) is 0 Å². The molecule has 1 atom stereocenters. The first-order valence-corrected chi connectivity index (χ1v) is 7.38. The number of nitrogen functional groups attached to an aromatic ring is 2. The van der Waals surface area contributed by atoms with E-state index in [2.05, 4.69) is 9.55 Å². The summed E-state index contributed by atoms with van der Waals surface area (Å²) < 4.78 is 2.08. The van der Waals surface area contributed by atoms with Gasteiger partial charge in [0.05, 0.1) is 23.7 Å². The van der Waals surface area contributed by atoms with Gasteiger partial charge in [0.2, 0.25) is 0 Å². The molecule has 0 saturated heterocycles. The number of hydrogen-bond donors (Lipinski definition) is 2. The molecule has 0 aliphatic rings. The second-order valence-corrected chi connectivity index (χ2v) is 5.68. The smallest absolute Gasteiger partial charge is 0.0951 e. The largest absolute Gasteiger partial charge is 0.397 e. The van der Waals surface area contributed by atoms with Crippen LogP contribution in [0.1, 0.15) is 17.2 Å². The molecule has 1 unspecified atom stereocenters. The van der Waals surface area contributed by atoms with Crippen molar-refractivity contribution in [2.75, 3.05) is 11.5 Å². The van der Waals surface area contributed by atoms with Gasteiger partial charge in [-0.05, 0) is 41.8 Å². The van der Waals surface area contributed by atoms with E-state index in [4.69, 9.17) is 23.1 Å². The van der Waals surface area contributed by atoms with Crippen LogP contribution in [-0.4, -0.2) is 9.55 Å². The molecule has 0 bridgehead atoms. The Morgan fingerprint density at radius 2 is 1.82 bits per heavy atom. The van der Waals surface area contributed by atoms with Gasteiger partial charge in [-0.3, -0.25) is 0 Å². The summed E-state index contributed by atoms with van der Waals surface area (Å²) in [5.41, 5.74) is 15.2. The van der Waals surface area contributed by atoms with Crippen molar-refractivity contribution in [1.29, 1.82) is 0 Å². The summed E-state index contributed by atoms with van der Waals surface area (Å²) in [6.45, 7) is 0. The Morgan fingerprint density at radius 3 is 2.45 bits per heavy atom. The first-order chi connectivity index (χ1) is 10.6. The van der Waals surface area contributed by atoms with Crippen LogP contribution in [0.15, 0.2) is 61.2 Å². The van der Waals surface area contributed by atoms with E-state index in [-0.39, 0.29) is 6.04 Å². The molecular formula is C17H17ClN4. The third-order valence-corrected chi connectivity index (χ3v) is 3.97. The van der Waals surface area contributed by atoms with Gasteiger partial charge in [0.25, 0.3) is 0 Å². The fraction of sp³-hybridized carbons (Fsp3) is 0.118. The fourth-order valence-electron chi connectivity index (χ4n) is 2.51. The molecule has 4 nitrogen and oxygen atoms in total. The molecule has 0 amide bonds. The van der Waals surface area contributed by atoms with Crippen LogP contribution in [0.25, 0.3) is 0 Å². The summed E-state index contributed by atoms with van der Waals surface area (Å²) in [6.07, 6.45) is 6.35. The monoisotopic (exact) mass is 312 g/mol. The lowest BCUT2D eigenvalue weighted by Crippen LogP contribution is -2.12. The van der Waals surface area contributed by atoms with Crippen LogP contribution >= 0.6 is 11.6 Å². The average molecular weight is 313 g/mol. The summed E-state index contributed by atoms with van der Waals surface area (Å²) in [7, 11) is 0. The lowest BCUT2D eigenvalue weighted by Gasteiger charge is -2.20. The van der Waals surface area contributed by atoms with Gasteiger partial charge in [-0.1, -0.05) is 29.8 Å². The highest BCUT2D eigenvalue weighted by Gasteiger charge is 2.14. The van der Waals surface area contributed by atoms with Crippen molar-refractivity contribution in [2.24, 2.45) is 0 Å². The summed E-state index contributed by atoms with van der Waals surface area (Å²) in [5, 5.41) is 0.727. The molecule has 5 heteroatoms. The molecule has 1 heterocycles. The standard InChI is InChI=1S/C17H17ClN4/c18-14-4-2-13(3-5-14)17(22-8-7-21-11-22)10-12-1-6-15(19)16(20)9-12/h1-9,11,17H,10,19-20H2. The third-order valence-electron chi connectivity index (χ3n) is 3.72. The highest BCUT2D eigenvalue weighted by atomic mass is 35.5. The lowest BCUT2D eigenvalue weighted by atomic mass is 9.98. The summed E-state index contributed by atoms with van der Waals surface area (Å²) in [5.74, 6) is 0. The number of benzene rings is 2. The van der Waals surface area contributed by atoms with Crippen LogP contribution in [-0.2, 0) is 6.42 Å². The Labute approximate surface area is 134 Å². The Bertz CT molecular complexity index is 751. The van der Waals surface area contributed by atoms with Gasteiger partial charge in [0.15, 0.2) is 0 Å². The minimum Gasteiger partial charge on any atom is -0.397 e. The van der Waals surface area contributed by atoms with E-state index in [0.717, 1.165) is 22.6 Å². The van der Waals surface area contributed by atoms with Crippen LogP contribution < -0.4 is 11.5 Å². The minimum atomic E-state index is 0.128. The molecule has 3 rings (SSSR count). The van der Waals surface area contributed by atoms with Crippen molar-refractivity contribution in [3.05, 3.63) is 77.3 Å². The number of halogens is 1. The molecule has 0 saturated carbocycles. The van der Waals surface area contributed by atoms with Crippen molar-refractivity contribution >= 4 is 23.0 Å². The first kappa shape index (κ1) is 14.5. The Balaban J connectivity index is 1.95. The van der Waals surface area contributed by atoms with Gasteiger partial charge in [-0.25, -0.2) is 4.98 Å². The molecular weight excluding hydrogens is 296 g/mol. The minimum absolute atomic E-state index is 0.128. The van der Waals surface area contributed by atoms with Crippen molar-refractivity contribution in [3.63, 3.8) is 0 Å². The molecule has 3 aromatic rings. The number of nitrogens with two attached hydrogens (primary N) is 2. The van der Waals surface area contributed by atoms with Gasteiger partial charge in [-0.15, -0.1) is 0 Å². The number of nitrogens with zero attached hydrogens (tertiary/aromatic N) is 2. The fourth-order valence-corrected chi connectivity index (χ4v) is 2.63. The Hall–Kier alpha value is -2.46. The van der Waals surface area contributed by atoms with E-state index in [0.29, 0.717) is 11.4 Å². The molecule has 0 aliphatic carbocycles. The van der Waals surface area contributed by atoms with Crippen molar-refractivity contribution in [2.45, 2.75) is 12.5 Å². The molecule has 0 spiro atoms. The predicted octanol–water partition coefficient (Wildman–Crippen LogP) is 3.53. The number of hydrogen-bond acceptors (Lipinski definition) is 3. The van der Waals surface area contributed by atoms with Crippen molar-refractivity contribution in [3.8, 4) is 0 Å². The van der Waals surface area contributed by atoms with E-state index < -0.39 is 0 Å². The average Bonchev–Trinajstić information content (AvgIpc) is 3.03. The van der Waals surface area contributed by atoms with Crippen LogP contribution in [0.2, 0.25) is 5.02 Å². The van der Waals surface area contributed by atoms with E-state index in [1.807, 2.05) is 55.0 Å². The molecule has 0 radical (unpaired) electrons. The number of aromatic nitrogens is 2. The second-order valence-electron chi connectivity index (χ2n) is 5.24. The lowest BCUT2D eigenvalue weighted by molar-refractivity contribution is 0.581. The molecule has 0 aliphatic heterocycles. The Kier molecular flexibility index (Phi) is 4.02. The number of anilines is 2. The second kappa shape index (κ2) is 6.12. The highest BCUT2D eigenvalue weighted by molar-refractivity contribution is 6.30. The summed E-state index contributed by atoms with van der Waals surface area (Å²) in [6, 6.07) is 13.8. The molecule has 0 fully saturated rings. The summed E-state index contributed by atoms with van der Waals surface area (Å²) in [4.78, 5) is 4.15. The topological polar surface area (TPSA) is 69.9 Å². The van der Waals surface area contributed by atoms with Gasteiger partial charge in [0.1, 0.15) is 0 Å². The quantitative estimate of drug-likeness (QED) is 0.724. The predicted molar refractivity (Wildman–Crippen MR) is 90.8 cm³/mol. The molecule has 1 aromatic heterocycles. The molecule has 112 valence electrons. The molecule has 4 N–H and O–H groups in total. The zero-order chi connectivity index (χ0) is 15.5. The van der Waals surface area contributed by atoms with Gasteiger partial charge in [0, 0.05) is 17.4 Å². The summed E-state index contributed by atoms with van der Waals surface area (Å²) >= 11 is 5.99. The zero-order valence-corrected chi connectivity index (χ0v) is 12.7. The van der Waals surface area contributed by atoms with E-state index in [1.165, 1.54) is 0 Å². The number of imidazole rings is 1. The normalized spacial score (nSPS) is 12.2. The van der Waals surface area contributed by atoms with Gasteiger partial charge in [-0.2, -0.15) is 0 Å². The van der Waals surface area contributed by atoms with Crippen LogP contribution in [0.5, 0.6) is 0 Å². The van der Waals surface area contributed by atoms with Gasteiger partial charge >= 0.3 is 0 Å². The van der Waals surface area contributed by atoms with E-state index in [9.17, 15) is 0 Å². The maximum Gasteiger partial charge on any atom is 0.0951 e. The SMILES string of the molecule is Nc1ccc(CC(c2ccc(Cl)cc2)n2ccnc2)cc1N. The maximum atomic E-state index is 5.99. The third kappa shape index (κ3) is 3.07. The number of rotatable bonds is 4. The molecule has 2 aromatic carbocycles. The Morgan fingerprint density at radius 1 is 1.05 bits per heavy atom. The first-order valence-electron chi connectivity index (χ1n) is 7.00. The highest BCUT2D eigenvalue weighted by Crippen LogP contribution is 2.26. The van der Waals surface area contributed by atoms with Gasteiger partial charge < -0.3 is 16.0 Å². The van der Waals surface area contributed by atoms with Crippen molar-refractivity contribution < 1.29 is 0 Å². The maximum absolute atomic E-state index is 5.99. The van der Waals surface area contributed by atoms with E-state index >= 15 is 0 Å². The van der Waals surface area contributed by atoms with Crippen LogP contribution in [0.4, 0.5) is 11.4 Å². The van der Waals surface area contributed by atoms with E-state index in [1.54, 1.807) is 6.20 Å². The zero-order valence-electron chi connectivity index (χ0n) is 12.0.